The number of hydrogen-bond acceptors (Lipinski definition) is 3. The minimum atomic E-state index is -4.56. The first-order valence-corrected chi connectivity index (χ1v) is 8.09. The summed E-state index contributed by atoms with van der Waals surface area (Å²) in [5, 5.41) is 6.15. The largest absolute Gasteiger partial charge is 0.433 e. The van der Waals surface area contributed by atoms with Crippen LogP contribution < -0.4 is 5.32 Å². The molecule has 2 aliphatic heterocycles. The van der Waals surface area contributed by atoms with E-state index in [2.05, 4.69) is 15.4 Å². The molecule has 6 nitrogen and oxygen atoms in total. The molecule has 0 saturated carbocycles. The zero-order valence-corrected chi connectivity index (χ0v) is 13.7. The highest BCUT2D eigenvalue weighted by molar-refractivity contribution is 5.89. The van der Waals surface area contributed by atoms with E-state index in [1.165, 1.54) is 6.20 Å². The van der Waals surface area contributed by atoms with Crippen LogP contribution in [0.25, 0.3) is 0 Å². The molecule has 0 aromatic carbocycles. The molecule has 0 spiro atoms. The van der Waals surface area contributed by atoms with E-state index in [9.17, 15) is 22.4 Å². The molecule has 1 N–H and O–H groups in total. The van der Waals surface area contributed by atoms with Gasteiger partial charge in [0.15, 0.2) is 5.82 Å². The quantitative estimate of drug-likeness (QED) is 0.620. The fraction of sp³-hybridized carbons (Fsp3) is 0.438. The van der Waals surface area contributed by atoms with Gasteiger partial charge >= 0.3 is 12.2 Å². The van der Waals surface area contributed by atoms with Crippen LogP contribution >= 0.6 is 0 Å². The number of halogens is 4. The summed E-state index contributed by atoms with van der Waals surface area (Å²) in [6, 6.07) is 1.42. The number of anilines is 1. The number of nitrogens with one attached hydrogen (secondary N) is 1. The van der Waals surface area contributed by atoms with Crippen LogP contribution in [0.5, 0.6) is 0 Å². The maximum Gasteiger partial charge on any atom is 0.433 e. The van der Waals surface area contributed by atoms with Gasteiger partial charge in [0, 0.05) is 30.9 Å². The van der Waals surface area contributed by atoms with Crippen LogP contribution in [-0.4, -0.2) is 31.7 Å². The Hall–Kier alpha value is -2.65. The highest BCUT2D eigenvalue weighted by atomic mass is 19.4. The standard InChI is InChI=1S/C16H15F4N5O/c1-24-12(16(18,19)20)7-13(23-24)22-15(26)25-8-2-3-11(25)9-4-5-21-14(17)10(9)6-8/h4-5,7-8,11H,2-3,6H2,1H3,(H,22,23,26)/t8-,11+/m0/s1. The lowest BCUT2D eigenvalue weighted by molar-refractivity contribution is -0.143. The summed E-state index contributed by atoms with van der Waals surface area (Å²) in [5.41, 5.74) is 0.271. The lowest BCUT2D eigenvalue weighted by atomic mass is 9.95. The summed E-state index contributed by atoms with van der Waals surface area (Å²) in [6.07, 6.45) is -1.49. The molecule has 2 aliphatic rings. The van der Waals surface area contributed by atoms with Crippen molar-refractivity contribution in [1.29, 1.82) is 0 Å². The SMILES string of the molecule is Cn1nc(NC(=O)N2[C@H]3CC[C@@H]2c2ccnc(F)c2C3)cc1C(F)(F)F. The molecule has 1 saturated heterocycles. The average molecular weight is 369 g/mol. The number of urea groups is 1. The van der Waals surface area contributed by atoms with Crippen molar-refractivity contribution < 1.29 is 22.4 Å². The molecule has 0 aliphatic carbocycles. The van der Waals surface area contributed by atoms with Crippen molar-refractivity contribution in [1.82, 2.24) is 19.7 Å². The molecule has 2 bridgehead atoms. The predicted octanol–water partition coefficient (Wildman–Crippen LogP) is 3.27. The summed E-state index contributed by atoms with van der Waals surface area (Å²) < 4.78 is 53.2. The molecule has 26 heavy (non-hydrogen) atoms. The van der Waals surface area contributed by atoms with Crippen LogP contribution in [0.1, 0.15) is 35.7 Å². The van der Waals surface area contributed by atoms with Crippen LogP contribution in [0.2, 0.25) is 0 Å². The highest BCUT2D eigenvalue weighted by Gasteiger charge is 2.44. The monoisotopic (exact) mass is 369 g/mol. The topological polar surface area (TPSA) is 63.1 Å². The molecule has 138 valence electrons. The maximum absolute atomic E-state index is 13.9. The lowest BCUT2D eigenvalue weighted by Crippen LogP contribution is -2.44. The summed E-state index contributed by atoms with van der Waals surface area (Å²) in [6.45, 7) is 0. The zero-order chi connectivity index (χ0) is 18.6. The van der Waals surface area contributed by atoms with E-state index in [-0.39, 0.29) is 17.9 Å². The van der Waals surface area contributed by atoms with Crippen LogP contribution in [0.3, 0.4) is 0 Å². The number of carbonyl (C=O) groups is 1. The summed E-state index contributed by atoms with van der Waals surface area (Å²) >= 11 is 0. The fourth-order valence-electron chi connectivity index (χ4n) is 3.89. The van der Waals surface area contributed by atoms with Crippen molar-refractivity contribution in [3.63, 3.8) is 0 Å². The van der Waals surface area contributed by atoms with Gasteiger partial charge in [-0.05, 0) is 30.9 Å². The van der Waals surface area contributed by atoms with Gasteiger partial charge < -0.3 is 4.90 Å². The fourth-order valence-corrected chi connectivity index (χ4v) is 3.89. The van der Waals surface area contributed by atoms with Gasteiger partial charge in [0.05, 0.1) is 6.04 Å². The Morgan fingerprint density at radius 2 is 2.12 bits per heavy atom. The molecular weight excluding hydrogens is 354 g/mol. The number of amides is 2. The van der Waals surface area contributed by atoms with Crippen molar-refractivity contribution in [2.75, 3.05) is 5.32 Å². The zero-order valence-electron chi connectivity index (χ0n) is 13.7. The molecule has 2 aromatic rings. The Balaban J connectivity index is 1.59. The third kappa shape index (κ3) is 2.60. The first kappa shape index (κ1) is 16.8. The Morgan fingerprint density at radius 3 is 2.81 bits per heavy atom. The third-order valence-corrected chi connectivity index (χ3v) is 4.98. The van der Waals surface area contributed by atoms with Crippen molar-refractivity contribution >= 4 is 11.8 Å². The lowest BCUT2D eigenvalue weighted by Gasteiger charge is -2.35. The maximum atomic E-state index is 13.9. The second-order valence-corrected chi connectivity index (χ2v) is 6.49. The number of aryl methyl sites for hydroxylation is 1. The van der Waals surface area contributed by atoms with E-state index in [0.717, 1.165) is 13.1 Å². The Kier molecular flexibility index (Phi) is 3.67. The summed E-state index contributed by atoms with van der Waals surface area (Å²) in [5.74, 6) is -0.699. The summed E-state index contributed by atoms with van der Waals surface area (Å²) in [7, 11) is 1.16. The predicted molar refractivity (Wildman–Crippen MR) is 82.7 cm³/mol. The van der Waals surface area contributed by atoms with E-state index in [1.807, 2.05) is 0 Å². The summed E-state index contributed by atoms with van der Waals surface area (Å²) in [4.78, 5) is 17.9. The minimum Gasteiger partial charge on any atom is -0.314 e. The Morgan fingerprint density at radius 1 is 1.35 bits per heavy atom. The molecule has 4 heterocycles. The number of alkyl halides is 3. The minimum absolute atomic E-state index is 0.170. The highest BCUT2D eigenvalue weighted by Crippen LogP contribution is 2.44. The number of pyridine rings is 1. The molecule has 0 radical (unpaired) electrons. The van der Waals surface area contributed by atoms with Crippen molar-refractivity contribution in [2.24, 2.45) is 7.05 Å². The van der Waals surface area contributed by atoms with Gasteiger partial charge in [0.1, 0.15) is 5.69 Å². The Bertz CT molecular complexity index is 878. The van der Waals surface area contributed by atoms with Crippen LogP contribution in [0.15, 0.2) is 18.3 Å². The van der Waals surface area contributed by atoms with Crippen molar-refractivity contribution in [3.05, 3.63) is 41.1 Å². The van der Waals surface area contributed by atoms with E-state index in [4.69, 9.17) is 0 Å². The molecule has 2 amide bonds. The number of carbonyl (C=O) groups excluding carboxylic acids is 1. The molecule has 2 atom stereocenters. The molecule has 10 heteroatoms. The smallest absolute Gasteiger partial charge is 0.314 e. The van der Waals surface area contributed by atoms with E-state index >= 15 is 0 Å². The van der Waals surface area contributed by atoms with Gasteiger partial charge in [-0.2, -0.15) is 22.7 Å². The second-order valence-electron chi connectivity index (χ2n) is 6.49. The number of rotatable bonds is 1. The third-order valence-electron chi connectivity index (χ3n) is 4.98. The number of nitrogens with zero attached hydrogens (tertiary/aromatic N) is 4. The molecule has 1 fully saturated rings. The molecule has 2 aromatic heterocycles. The number of hydrogen-bond donors (Lipinski definition) is 1. The van der Waals surface area contributed by atoms with Crippen LogP contribution in [0.4, 0.5) is 28.2 Å². The number of fused-ring (bicyclic) bond motifs is 4. The van der Waals surface area contributed by atoms with E-state index in [0.29, 0.717) is 35.1 Å². The van der Waals surface area contributed by atoms with Gasteiger partial charge in [-0.1, -0.05) is 0 Å². The van der Waals surface area contributed by atoms with Crippen molar-refractivity contribution in [3.8, 4) is 0 Å². The Labute approximate surface area is 145 Å². The van der Waals surface area contributed by atoms with Crippen molar-refractivity contribution in [2.45, 2.75) is 37.5 Å². The first-order valence-electron chi connectivity index (χ1n) is 8.09. The molecule has 4 rings (SSSR count). The van der Waals surface area contributed by atoms with Gasteiger partial charge in [-0.15, -0.1) is 0 Å². The normalized spacial score (nSPS) is 21.7. The van der Waals surface area contributed by atoms with Gasteiger partial charge in [-0.3, -0.25) is 10.00 Å². The van der Waals surface area contributed by atoms with E-state index in [1.54, 1.807) is 11.0 Å². The van der Waals surface area contributed by atoms with Crippen LogP contribution in [0, 0.1) is 5.95 Å². The van der Waals surface area contributed by atoms with E-state index < -0.39 is 23.8 Å². The molecular formula is C16H15F4N5O. The van der Waals surface area contributed by atoms with Gasteiger partial charge in [0.25, 0.3) is 0 Å². The van der Waals surface area contributed by atoms with Crippen LogP contribution in [-0.2, 0) is 19.6 Å². The molecule has 0 unspecified atom stereocenters. The second kappa shape index (κ2) is 5.68. The average Bonchev–Trinajstić information content (AvgIpc) is 3.07. The van der Waals surface area contributed by atoms with Gasteiger partial charge in [-0.25, -0.2) is 9.78 Å². The number of aromatic nitrogens is 3. The first-order chi connectivity index (χ1) is 12.3. The van der Waals surface area contributed by atoms with Gasteiger partial charge in [0.2, 0.25) is 5.95 Å².